The molecule has 0 radical (unpaired) electrons. The first-order valence-corrected chi connectivity index (χ1v) is 9.63. The molecule has 0 fully saturated rings. The molecule has 0 saturated carbocycles. The number of amides is 1. The van der Waals surface area contributed by atoms with Crippen molar-refractivity contribution in [1.82, 2.24) is 4.98 Å². The largest absolute Gasteiger partial charge is 0.436 e. The Bertz CT molecular complexity index is 1300. The normalized spacial score (nSPS) is 11.6. The number of benzene rings is 2. The van der Waals surface area contributed by atoms with E-state index in [1.165, 1.54) is 0 Å². The molecule has 2 N–H and O–H groups in total. The number of hydrogen-bond acceptors (Lipinski definition) is 5. The topological polar surface area (TPSA) is 87.7 Å². The zero-order chi connectivity index (χ0) is 21.1. The third-order valence-electron chi connectivity index (χ3n) is 4.54. The average molecular weight is 420 g/mol. The molecular weight excluding hydrogens is 402 g/mol. The van der Waals surface area contributed by atoms with E-state index in [4.69, 9.17) is 16.0 Å². The number of para-hydroxylation sites is 1. The van der Waals surface area contributed by atoms with Crippen molar-refractivity contribution in [3.63, 3.8) is 0 Å². The van der Waals surface area contributed by atoms with Gasteiger partial charge in [-0.25, -0.2) is 4.99 Å². The van der Waals surface area contributed by atoms with Crippen molar-refractivity contribution in [3.05, 3.63) is 94.3 Å². The first kappa shape index (κ1) is 19.8. The quantitative estimate of drug-likeness (QED) is 0.499. The standard InChI is InChI=1S/C23H18ClN3O3/c1-14-21-19(15(13-28)12-25-14)11-20(22(29)26-17-7-3-2-4-8-17)23(30-21)27-18-9-5-6-16(24)10-18/h2-12,28H,13H2,1H3,(H,26,29). The van der Waals surface area contributed by atoms with Crippen LogP contribution in [0.25, 0.3) is 11.0 Å². The van der Waals surface area contributed by atoms with E-state index in [1.54, 1.807) is 55.6 Å². The SMILES string of the molecule is Cc1ncc(CO)c2cc(C(=O)Nc3ccccc3)c(=Nc3cccc(Cl)c3)oc12. The summed E-state index contributed by atoms with van der Waals surface area (Å²) >= 11 is 6.07. The van der Waals surface area contributed by atoms with Crippen molar-refractivity contribution in [2.24, 2.45) is 4.99 Å². The molecule has 30 heavy (non-hydrogen) atoms. The Labute approximate surface area is 177 Å². The summed E-state index contributed by atoms with van der Waals surface area (Å²) in [6.45, 7) is 1.56. The summed E-state index contributed by atoms with van der Waals surface area (Å²) in [5, 5.41) is 13.7. The fraction of sp³-hybridized carbons (Fsp3) is 0.0870. The number of carbonyl (C=O) groups excluding carboxylic acids is 1. The highest BCUT2D eigenvalue weighted by Crippen LogP contribution is 2.22. The molecule has 150 valence electrons. The summed E-state index contributed by atoms with van der Waals surface area (Å²) in [5.74, 6) is -0.383. The van der Waals surface area contributed by atoms with Crippen molar-refractivity contribution >= 4 is 39.9 Å². The highest BCUT2D eigenvalue weighted by molar-refractivity contribution is 6.30. The van der Waals surface area contributed by atoms with E-state index in [1.807, 2.05) is 18.2 Å². The number of fused-ring (bicyclic) bond motifs is 1. The van der Waals surface area contributed by atoms with Gasteiger partial charge in [-0.3, -0.25) is 9.78 Å². The van der Waals surface area contributed by atoms with Gasteiger partial charge >= 0.3 is 0 Å². The van der Waals surface area contributed by atoms with Gasteiger partial charge in [0.2, 0.25) is 5.55 Å². The van der Waals surface area contributed by atoms with E-state index in [0.29, 0.717) is 38.6 Å². The Balaban J connectivity index is 1.94. The fourth-order valence-corrected chi connectivity index (χ4v) is 3.23. The molecule has 4 rings (SSSR count). The van der Waals surface area contributed by atoms with Gasteiger partial charge in [0.15, 0.2) is 5.58 Å². The summed E-state index contributed by atoms with van der Waals surface area (Å²) in [4.78, 5) is 21.9. The minimum absolute atomic E-state index is 0.123. The van der Waals surface area contributed by atoms with Crippen molar-refractivity contribution in [2.45, 2.75) is 13.5 Å². The number of hydrogen-bond donors (Lipinski definition) is 2. The number of carbonyl (C=O) groups is 1. The second-order valence-electron chi connectivity index (χ2n) is 6.65. The van der Waals surface area contributed by atoms with Crippen LogP contribution < -0.4 is 10.9 Å². The molecule has 4 aromatic rings. The second kappa shape index (κ2) is 8.49. The Morgan fingerprint density at radius 1 is 1.17 bits per heavy atom. The number of anilines is 1. The van der Waals surface area contributed by atoms with E-state index < -0.39 is 0 Å². The van der Waals surface area contributed by atoms with Crippen LogP contribution in [0.15, 0.2) is 76.3 Å². The Kier molecular flexibility index (Phi) is 5.61. The van der Waals surface area contributed by atoms with Gasteiger partial charge in [-0.1, -0.05) is 35.9 Å². The zero-order valence-electron chi connectivity index (χ0n) is 16.1. The molecule has 2 aromatic carbocycles. The van der Waals surface area contributed by atoms with Crippen molar-refractivity contribution in [2.75, 3.05) is 5.32 Å². The van der Waals surface area contributed by atoms with Crippen LogP contribution in [0.3, 0.4) is 0 Å². The van der Waals surface area contributed by atoms with Gasteiger partial charge < -0.3 is 14.8 Å². The predicted octanol–water partition coefficient (Wildman–Crippen LogP) is 4.77. The molecule has 2 heterocycles. The summed E-state index contributed by atoms with van der Waals surface area (Å²) in [6, 6.07) is 17.7. The molecule has 2 aromatic heterocycles. The van der Waals surface area contributed by atoms with Crippen molar-refractivity contribution < 1.29 is 14.3 Å². The number of aliphatic hydroxyl groups is 1. The highest BCUT2D eigenvalue weighted by atomic mass is 35.5. The lowest BCUT2D eigenvalue weighted by atomic mass is 10.1. The molecule has 0 aliphatic heterocycles. The van der Waals surface area contributed by atoms with Crippen LogP contribution in [0.2, 0.25) is 5.02 Å². The van der Waals surface area contributed by atoms with E-state index in [9.17, 15) is 9.90 Å². The molecule has 0 unspecified atom stereocenters. The second-order valence-corrected chi connectivity index (χ2v) is 7.08. The molecule has 0 aliphatic carbocycles. The number of halogens is 1. The molecule has 0 bridgehead atoms. The Morgan fingerprint density at radius 3 is 2.70 bits per heavy atom. The van der Waals surface area contributed by atoms with Gasteiger partial charge in [0.05, 0.1) is 18.0 Å². The maximum absolute atomic E-state index is 13.1. The van der Waals surface area contributed by atoms with Gasteiger partial charge in [0.25, 0.3) is 5.91 Å². The number of aromatic nitrogens is 1. The molecule has 0 aliphatic rings. The van der Waals surface area contributed by atoms with Crippen LogP contribution >= 0.6 is 11.6 Å². The van der Waals surface area contributed by atoms with Crippen LogP contribution in [0, 0.1) is 6.92 Å². The summed E-state index contributed by atoms with van der Waals surface area (Å²) in [5.41, 5.74) is 3.18. The number of nitrogens with zero attached hydrogens (tertiary/aromatic N) is 2. The van der Waals surface area contributed by atoms with Crippen LogP contribution in [0.5, 0.6) is 0 Å². The maximum atomic E-state index is 13.1. The van der Waals surface area contributed by atoms with E-state index in [-0.39, 0.29) is 23.6 Å². The molecule has 1 amide bonds. The highest BCUT2D eigenvalue weighted by Gasteiger charge is 2.16. The number of aliphatic hydroxyl groups excluding tert-OH is 1. The van der Waals surface area contributed by atoms with Gasteiger partial charge in [0, 0.05) is 27.9 Å². The minimum Gasteiger partial charge on any atom is -0.436 e. The molecule has 0 atom stereocenters. The first-order chi connectivity index (χ1) is 14.5. The van der Waals surface area contributed by atoms with Crippen LogP contribution in [0.1, 0.15) is 21.6 Å². The molecule has 7 heteroatoms. The summed E-state index contributed by atoms with van der Waals surface area (Å²) in [6.07, 6.45) is 1.57. The molecule has 0 saturated heterocycles. The monoisotopic (exact) mass is 419 g/mol. The summed E-state index contributed by atoms with van der Waals surface area (Å²) in [7, 11) is 0. The Morgan fingerprint density at radius 2 is 1.97 bits per heavy atom. The molecular formula is C23H18ClN3O3. The third-order valence-corrected chi connectivity index (χ3v) is 4.77. The number of pyridine rings is 1. The summed E-state index contributed by atoms with van der Waals surface area (Å²) < 4.78 is 6.02. The lowest BCUT2D eigenvalue weighted by Gasteiger charge is -2.10. The van der Waals surface area contributed by atoms with Gasteiger partial charge in [-0.2, -0.15) is 0 Å². The van der Waals surface area contributed by atoms with Crippen LogP contribution in [0.4, 0.5) is 11.4 Å². The first-order valence-electron chi connectivity index (χ1n) is 9.25. The lowest BCUT2D eigenvalue weighted by molar-refractivity contribution is 0.102. The number of rotatable bonds is 4. The Hall–Kier alpha value is -3.48. The van der Waals surface area contributed by atoms with Gasteiger partial charge in [0.1, 0.15) is 5.56 Å². The lowest BCUT2D eigenvalue weighted by Crippen LogP contribution is -2.22. The van der Waals surface area contributed by atoms with Gasteiger partial charge in [-0.05, 0) is 43.3 Å². The van der Waals surface area contributed by atoms with Crippen molar-refractivity contribution in [1.29, 1.82) is 0 Å². The molecule has 0 spiro atoms. The van der Waals surface area contributed by atoms with Gasteiger partial charge in [-0.15, -0.1) is 0 Å². The molecule has 6 nitrogen and oxygen atoms in total. The number of aryl methyl sites for hydroxylation is 1. The average Bonchev–Trinajstić information content (AvgIpc) is 2.75. The van der Waals surface area contributed by atoms with Crippen LogP contribution in [-0.4, -0.2) is 16.0 Å². The maximum Gasteiger partial charge on any atom is 0.261 e. The third kappa shape index (κ3) is 4.10. The van der Waals surface area contributed by atoms with Crippen molar-refractivity contribution in [3.8, 4) is 0 Å². The van der Waals surface area contributed by atoms with E-state index in [0.717, 1.165) is 0 Å². The van der Waals surface area contributed by atoms with Crippen LogP contribution in [-0.2, 0) is 6.61 Å². The zero-order valence-corrected chi connectivity index (χ0v) is 16.8. The van der Waals surface area contributed by atoms with E-state index >= 15 is 0 Å². The minimum atomic E-state index is -0.383. The smallest absolute Gasteiger partial charge is 0.261 e. The fourth-order valence-electron chi connectivity index (χ4n) is 3.04. The predicted molar refractivity (Wildman–Crippen MR) is 116 cm³/mol. The van der Waals surface area contributed by atoms with E-state index in [2.05, 4.69) is 15.3 Å². The number of nitrogens with one attached hydrogen (secondary N) is 1.